The fourth-order valence-electron chi connectivity index (χ4n) is 4.46. The van der Waals surface area contributed by atoms with Crippen molar-refractivity contribution < 1.29 is 42.0 Å². The summed E-state index contributed by atoms with van der Waals surface area (Å²) in [4.78, 5) is 12.1. The highest BCUT2D eigenvalue weighted by Crippen LogP contribution is 2.41. The van der Waals surface area contributed by atoms with E-state index in [9.17, 15) is 23.1 Å². The zero-order valence-electron chi connectivity index (χ0n) is 19.0. The van der Waals surface area contributed by atoms with Crippen LogP contribution in [-0.2, 0) is 23.7 Å². The summed E-state index contributed by atoms with van der Waals surface area (Å²) in [6.07, 6.45) is -6.99. The van der Waals surface area contributed by atoms with Gasteiger partial charge in [0.25, 0.3) is 6.43 Å². The zero-order valence-corrected chi connectivity index (χ0v) is 20.6. The highest BCUT2D eigenvalue weighted by Gasteiger charge is 2.54. The van der Waals surface area contributed by atoms with Crippen molar-refractivity contribution in [1.82, 2.24) is 15.0 Å². The van der Waals surface area contributed by atoms with Crippen LogP contribution in [0.2, 0.25) is 0 Å². The number of rotatable bonds is 7. The van der Waals surface area contributed by atoms with Gasteiger partial charge in [0, 0.05) is 11.1 Å². The molecule has 3 heterocycles. The average molecular weight is 584 g/mol. The molecule has 3 aromatic rings. The average Bonchev–Trinajstić information content (AvgIpc) is 3.38. The molecular weight excluding hydrogens is 563 g/mol. The van der Waals surface area contributed by atoms with E-state index < -0.39 is 61.6 Å². The Labute approximate surface area is 217 Å². The molecule has 37 heavy (non-hydrogen) atoms. The van der Waals surface area contributed by atoms with Crippen LogP contribution < -0.4 is 0 Å². The van der Waals surface area contributed by atoms with Gasteiger partial charge in [-0.05, 0) is 28.1 Å². The van der Waals surface area contributed by atoms with E-state index >= 15 is 0 Å². The number of hydrogen-bond donors (Lipinski definition) is 1. The normalized spacial score (nSPS) is 27.7. The third-order valence-electron chi connectivity index (χ3n) is 6.11. The molecule has 196 valence electrons. The Morgan fingerprint density at radius 3 is 2.70 bits per heavy atom. The van der Waals surface area contributed by atoms with Crippen molar-refractivity contribution in [2.75, 3.05) is 13.2 Å². The standard InChI is InChI=1S/C24H21BrF3N3O6/c25-14-7-6-13(8-15(14)26)16-9-31(30-29-16)19-20-17(10-35-24(37-20)12-4-2-1-3-5-12)36-22(23(32)33)21(19)34-11-18(27)28/h1-9,17-22,24H,10-11H2,(H,32,33)/t17-,19+,20+,21-,22-,24?/m1/s1. The molecule has 2 fully saturated rings. The number of carbonyl (C=O) groups is 1. The minimum Gasteiger partial charge on any atom is -0.479 e. The lowest BCUT2D eigenvalue weighted by Crippen LogP contribution is -2.62. The Bertz CT molecular complexity index is 1250. The van der Waals surface area contributed by atoms with Gasteiger partial charge in [-0.2, -0.15) is 0 Å². The van der Waals surface area contributed by atoms with Gasteiger partial charge in [-0.3, -0.25) is 0 Å². The van der Waals surface area contributed by atoms with Crippen LogP contribution in [0, 0.1) is 5.82 Å². The van der Waals surface area contributed by atoms with E-state index in [1.807, 2.05) is 6.07 Å². The predicted octanol–water partition coefficient (Wildman–Crippen LogP) is 4.00. The van der Waals surface area contributed by atoms with E-state index in [1.54, 1.807) is 30.3 Å². The van der Waals surface area contributed by atoms with Gasteiger partial charge in [-0.25, -0.2) is 22.6 Å². The minimum atomic E-state index is -2.85. The molecule has 1 N–H and O–H groups in total. The summed E-state index contributed by atoms with van der Waals surface area (Å²) in [6.45, 7) is -1.05. The number of carboxylic acids is 1. The second kappa shape index (κ2) is 10.9. The number of ether oxygens (including phenoxy) is 4. The van der Waals surface area contributed by atoms with Crippen molar-refractivity contribution >= 4 is 21.9 Å². The smallest absolute Gasteiger partial charge is 0.335 e. The first-order chi connectivity index (χ1) is 17.8. The summed E-state index contributed by atoms with van der Waals surface area (Å²) in [6, 6.07) is 12.4. The van der Waals surface area contributed by atoms with E-state index in [4.69, 9.17) is 18.9 Å². The molecule has 0 saturated carbocycles. The van der Waals surface area contributed by atoms with Crippen molar-refractivity contribution in [2.24, 2.45) is 0 Å². The molecule has 13 heteroatoms. The van der Waals surface area contributed by atoms with Crippen LogP contribution in [0.25, 0.3) is 11.3 Å². The van der Waals surface area contributed by atoms with Crippen LogP contribution in [0.1, 0.15) is 17.9 Å². The molecule has 2 aliphatic heterocycles. The third kappa shape index (κ3) is 5.41. The quantitative estimate of drug-likeness (QED) is 0.445. The van der Waals surface area contributed by atoms with Crippen LogP contribution in [0.3, 0.4) is 0 Å². The summed E-state index contributed by atoms with van der Waals surface area (Å²) >= 11 is 3.10. The lowest BCUT2D eigenvalue weighted by Gasteiger charge is -2.48. The number of alkyl halides is 2. The first-order valence-electron chi connectivity index (χ1n) is 11.3. The highest BCUT2D eigenvalue weighted by molar-refractivity contribution is 9.10. The molecule has 5 rings (SSSR count). The number of hydrogen-bond acceptors (Lipinski definition) is 7. The van der Waals surface area contributed by atoms with Crippen molar-refractivity contribution in [3.63, 3.8) is 0 Å². The Kier molecular flexibility index (Phi) is 7.58. The first kappa shape index (κ1) is 25.8. The molecule has 6 atom stereocenters. The van der Waals surface area contributed by atoms with Gasteiger partial charge in [0.1, 0.15) is 42.5 Å². The van der Waals surface area contributed by atoms with E-state index in [-0.39, 0.29) is 16.8 Å². The molecule has 0 amide bonds. The van der Waals surface area contributed by atoms with Gasteiger partial charge >= 0.3 is 5.97 Å². The third-order valence-corrected chi connectivity index (χ3v) is 6.76. The Morgan fingerprint density at radius 2 is 2.00 bits per heavy atom. The molecule has 2 saturated heterocycles. The Morgan fingerprint density at radius 1 is 1.22 bits per heavy atom. The van der Waals surface area contributed by atoms with Crippen molar-refractivity contribution in [3.8, 4) is 11.3 Å². The SMILES string of the molecule is O=C(O)[C@@H]1O[C@@H]2COC(c3ccccc3)O[C@@H]2[C@H](n2cc(-c3ccc(Br)c(F)c3)nn2)[C@H]1OCC(F)F. The van der Waals surface area contributed by atoms with E-state index in [0.717, 1.165) is 0 Å². The summed E-state index contributed by atoms with van der Waals surface area (Å²) in [5, 5.41) is 18.1. The molecule has 1 unspecified atom stereocenters. The second-order valence-electron chi connectivity index (χ2n) is 8.50. The number of halogens is 4. The van der Waals surface area contributed by atoms with E-state index in [0.29, 0.717) is 11.1 Å². The van der Waals surface area contributed by atoms with Crippen molar-refractivity contribution in [3.05, 3.63) is 70.6 Å². The van der Waals surface area contributed by atoms with Crippen molar-refractivity contribution in [2.45, 2.75) is 43.2 Å². The minimum absolute atomic E-state index is 0.0223. The van der Waals surface area contributed by atoms with Gasteiger partial charge in [0.15, 0.2) is 12.4 Å². The predicted molar refractivity (Wildman–Crippen MR) is 124 cm³/mol. The summed E-state index contributed by atoms with van der Waals surface area (Å²) in [7, 11) is 0. The molecule has 0 radical (unpaired) electrons. The maximum Gasteiger partial charge on any atom is 0.335 e. The number of benzene rings is 2. The van der Waals surface area contributed by atoms with E-state index in [1.165, 1.54) is 23.0 Å². The van der Waals surface area contributed by atoms with Crippen LogP contribution in [-0.4, -0.2) is 70.1 Å². The topological polar surface area (TPSA) is 105 Å². The maximum atomic E-state index is 14.1. The summed E-state index contributed by atoms with van der Waals surface area (Å²) in [5.41, 5.74) is 1.39. The van der Waals surface area contributed by atoms with E-state index in [2.05, 4.69) is 26.2 Å². The molecular formula is C24H21BrF3N3O6. The van der Waals surface area contributed by atoms with Gasteiger partial charge in [-0.15, -0.1) is 5.10 Å². The summed E-state index contributed by atoms with van der Waals surface area (Å²) in [5.74, 6) is -1.91. The lowest BCUT2D eigenvalue weighted by atomic mass is 9.91. The molecule has 2 aliphatic rings. The number of aromatic nitrogens is 3. The van der Waals surface area contributed by atoms with Crippen molar-refractivity contribution in [1.29, 1.82) is 0 Å². The number of carboxylic acid groups (broad SMARTS) is 1. The molecule has 0 bridgehead atoms. The van der Waals surface area contributed by atoms with Gasteiger partial charge in [0.2, 0.25) is 0 Å². The lowest BCUT2D eigenvalue weighted by molar-refractivity contribution is -0.319. The fourth-order valence-corrected chi connectivity index (χ4v) is 4.71. The highest BCUT2D eigenvalue weighted by atomic mass is 79.9. The van der Waals surface area contributed by atoms with Crippen LogP contribution in [0.15, 0.2) is 59.2 Å². The number of aliphatic carboxylic acids is 1. The molecule has 0 aliphatic carbocycles. The second-order valence-corrected chi connectivity index (χ2v) is 9.36. The fraction of sp³-hybridized carbons (Fsp3) is 0.375. The zero-order chi connectivity index (χ0) is 26.1. The van der Waals surface area contributed by atoms with Gasteiger partial charge in [0.05, 0.1) is 17.3 Å². The van der Waals surface area contributed by atoms with Crippen LogP contribution in [0.5, 0.6) is 0 Å². The monoisotopic (exact) mass is 583 g/mol. The van der Waals surface area contributed by atoms with Gasteiger partial charge in [-0.1, -0.05) is 41.6 Å². The molecule has 0 spiro atoms. The molecule has 1 aromatic heterocycles. The Hall–Kier alpha value is -2.84. The molecule has 2 aromatic carbocycles. The summed E-state index contributed by atoms with van der Waals surface area (Å²) < 4.78 is 65.0. The van der Waals surface area contributed by atoms with Crippen LogP contribution >= 0.6 is 15.9 Å². The first-order valence-corrected chi connectivity index (χ1v) is 12.1. The van der Waals surface area contributed by atoms with Gasteiger partial charge < -0.3 is 24.1 Å². The number of nitrogens with zero attached hydrogens (tertiary/aromatic N) is 3. The Balaban J connectivity index is 1.53. The maximum absolute atomic E-state index is 14.1. The van der Waals surface area contributed by atoms with Crippen LogP contribution in [0.4, 0.5) is 13.2 Å². The number of fused-ring (bicyclic) bond motifs is 1. The largest absolute Gasteiger partial charge is 0.479 e. The molecule has 9 nitrogen and oxygen atoms in total.